The van der Waals surface area contributed by atoms with Crippen molar-refractivity contribution >= 4 is 17.5 Å². The van der Waals surface area contributed by atoms with Gasteiger partial charge in [0, 0.05) is 5.02 Å². The van der Waals surface area contributed by atoms with Crippen molar-refractivity contribution in [1.29, 1.82) is 0 Å². The van der Waals surface area contributed by atoms with Crippen LogP contribution in [0.5, 0.6) is 0 Å². The molecule has 1 rings (SSSR count). The zero-order valence-electron chi connectivity index (χ0n) is 8.16. The summed E-state index contributed by atoms with van der Waals surface area (Å²) in [5, 5.41) is 0.675. The SMILES string of the molecule is CCCC(C(N)=O)c1ccc(Cl)cc1. The molecule has 3 heteroatoms. The summed E-state index contributed by atoms with van der Waals surface area (Å²) in [6.45, 7) is 2.03. The number of carbonyl (C=O) groups excluding carboxylic acids is 1. The van der Waals surface area contributed by atoms with Crippen molar-refractivity contribution in [2.75, 3.05) is 0 Å². The number of halogens is 1. The van der Waals surface area contributed by atoms with Crippen molar-refractivity contribution in [2.45, 2.75) is 25.7 Å². The van der Waals surface area contributed by atoms with Gasteiger partial charge in [0.05, 0.1) is 5.92 Å². The minimum Gasteiger partial charge on any atom is -0.369 e. The fourth-order valence-electron chi connectivity index (χ4n) is 1.46. The summed E-state index contributed by atoms with van der Waals surface area (Å²) in [6, 6.07) is 7.27. The smallest absolute Gasteiger partial charge is 0.224 e. The second-order valence-electron chi connectivity index (χ2n) is 3.30. The van der Waals surface area contributed by atoms with E-state index in [0.29, 0.717) is 5.02 Å². The molecule has 2 N–H and O–H groups in total. The average Bonchev–Trinajstić information content (AvgIpc) is 2.15. The van der Waals surface area contributed by atoms with E-state index in [9.17, 15) is 4.79 Å². The van der Waals surface area contributed by atoms with Crippen LogP contribution in [0.3, 0.4) is 0 Å². The van der Waals surface area contributed by atoms with Gasteiger partial charge in [-0.3, -0.25) is 4.79 Å². The highest BCUT2D eigenvalue weighted by molar-refractivity contribution is 6.30. The van der Waals surface area contributed by atoms with E-state index in [-0.39, 0.29) is 11.8 Å². The molecule has 0 fully saturated rings. The average molecular weight is 212 g/mol. The Morgan fingerprint density at radius 3 is 2.43 bits per heavy atom. The molecule has 0 aliphatic rings. The fourth-order valence-corrected chi connectivity index (χ4v) is 1.58. The lowest BCUT2D eigenvalue weighted by Crippen LogP contribution is -2.21. The maximum Gasteiger partial charge on any atom is 0.224 e. The third-order valence-electron chi connectivity index (χ3n) is 2.19. The normalized spacial score (nSPS) is 12.4. The first-order valence-corrected chi connectivity index (χ1v) is 5.07. The van der Waals surface area contributed by atoms with Crippen LogP contribution in [0.2, 0.25) is 5.02 Å². The number of nitrogens with two attached hydrogens (primary N) is 1. The minimum atomic E-state index is -0.269. The molecule has 0 aliphatic heterocycles. The van der Waals surface area contributed by atoms with Crippen LogP contribution in [0, 0.1) is 0 Å². The van der Waals surface area contributed by atoms with Crippen molar-refractivity contribution in [3.63, 3.8) is 0 Å². The first-order chi connectivity index (χ1) is 6.65. The molecule has 1 aromatic carbocycles. The van der Waals surface area contributed by atoms with E-state index in [2.05, 4.69) is 0 Å². The van der Waals surface area contributed by atoms with E-state index in [1.807, 2.05) is 19.1 Å². The largest absolute Gasteiger partial charge is 0.369 e. The molecule has 0 bridgehead atoms. The molecule has 0 aliphatic carbocycles. The van der Waals surface area contributed by atoms with Crippen LogP contribution < -0.4 is 5.73 Å². The number of benzene rings is 1. The van der Waals surface area contributed by atoms with E-state index >= 15 is 0 Å². The second kappa shape index (κ2) is 5.01. The van der Waals surface area contributed by atoms with Crippen LogP contribution in [0.25, 0.3) is 0 Å². The topological polar surface area (TPSA) is 43.1 Å². The molecular weight excluding hydrogens is 198 g/mol. The molecule has 0 saturated heterocycles. The molecule has 0 aromatic heterocycles. The molecule has 76 valence electrons. The second-order valence-corrected chi connectivity index (χ2v) is 3.73. The van der Waals surface area contributed by atoms with Gasteiger partial charge in [0.2, 0.25) is 5.91 Å². The summed E-state index contributed by atoms with van der Waals surface area (Å²) in [5.41, 5.74) is 6.27. The number of rotatable bonds is 4. The van der Waals surface area contributed by atoms with Crippen LogP contribution in [0.1, 0.15) is 31.2 Å². The first kappa shape index (κ1) is 11.1. The predicted molar refractivity (Wildman–Crippen MR) is 58.3 cm³/mol. The zero-order valence-corrected chi connectivity index (χ0v) is 8.92. The standard InChI is InChI=1S/C11H14ClNO/c1-2-3-10(11(13)14)8-4-6-9(12)7-5-8/h4-7,10H,2-3H2,1H3,(H2,13,14). The van der Waals surface area contributed by atoms with E-state index in [1.165, 1.54) is 0 Å². The molecule has 14 heavy (non-hydrogen) atoms. The lowest BCUT2D eigenvalue weighted by atomic mass is 9.94. The van der Waals surface area contributed by atoms with E-state index in [4.69, 9.17) is 17.3 Å². The van der Waals surface area contributed by atoms with Gasteiger partial charge in [-0.1, -0.05) is 37.1 Å². The van der Waals surface area contributed by atoms with E-state index in [0.717, 1.165) is 18.4 Å². The van der Waals surface area contributed by atoms with Gasteiger partial charge in [-0.15, -0.1) is 0 Å². The molecule has 1 aromatic rings. The van der Waals surface area contributed by atoms with Crippen LogP contribution >= 0.6 is 11.6 Å². The van der Waals surface area contributed by atoms with Crippen molar-refractivity contribution in [3.8, 4) is 0 Å². The Hall–Kier alpha value is -1.02. The monoisotopic (exact) mass is 211 g/mol. The molecular formula is C11H14ClNO. The molecule has 0 spiro atoms. The molecule has 1 atom stereocenters. The van der Waals surface area contributed by atoms with Gasteiger partial charge >= 0.3 is 0 Å². The molecule has 2 nitrogen and oxygen atoms in total. The Morgan fingerprint density at radius 2 is 2.00 bits per heavy atom. The Kier molecular flexibility index (Phi) is 3.96. The lowest BCUT2D eigenvalue weighted by Gasteiger charge is -2.12. The summed E-state index contributed by atoms with van der Waals surface area (Å²) in [5.74, 6) is -0.452. The van der Waals surface area contributed by atoms with Crippen LogP contribution in [-0.2, 0) is 4.79 Å². The summed E-state index contributed by atoms with van der Waals surface area (Å²) < 4.78 is 0. The summed E-state index contributed by atoms with van der Waals surface area (Å²) in [4.78, 5) is 11.2. The number of amides is 1. The summed E-state index contributed by atoms with van der Waals surface area (Å²) in [6.07, 6.45) is 1.73. The van der Waals surface area contributed by atoms with E-state index in [1.54, 1.807) is 12.1 Å². The maximum absolute atomic E-state index is 11.2. The van der Waals surface area contributed by atoms with Crippen LogP contribution in [-0.4, -0.2) is 5.91 Å². The van der Waals surface area contributed by atoms with Crippen molar-refractivity contribution in [3.05, 3.63) is 34.9 Å². The molecule has 0 saturated carbocycles. The molecule has 1 unspecified atom stereocenters. The Labute approximate surface area is 89.1 Å². The van der Waals surface area contributed by atoms with Gasteiger partial charge in [0.25, 0.3) is 0 Å². The summed E-state index contributed by atoms with van der Waals surface area (Å²) in [7, 11) is 0. The minimum absolute atomic E-state index is 0.183. The first-order valence-electron chi connectivity index (χ1n) is 4.70. The van der Waals surface area contributed by atoms with Gasteiger partial charge in [0.1, 0.15) is 0 Å². The molecule has 0 heterocycles. The molecule has 0 radical (unpaired) electrons. The number of carbonyl (C=O) groups is 1. The van der Waals surface area contributed by atoms with E-state index < -0.39 is 0 Å². The number of hydrogen-bond acceptors (Lipinski definition) is 1. The third kappa shape index (κ3) is 2.74. The van der Waals surface area contributed by atoms with Gasteiger partial charge in [0.15, 0.2) is 0 Å². The summed E-state index contributed by atoms with van der Waals surface area (Å²) >= 11 is 5.76. The number of hydrogen-bond donors (Lipinski definition) is 1. The number of primary amides is 1. The lowest BCUT2D eigenvalue weighted by molar-refractivity contribution is -0.119. The Balaban J connectivity index is 2.87. The van der Waals surface area contributed by atoms with Gasteiger partial charge < -0.3 is 5.73 Å². The highest BCUT2D eigenvalue weighted by Gasteiger charge is 2.15. The maximum atomic E-state index is 11.2. The zero-order chi connectivity index (χ0) is 10.6. The fraction of sp³-hybridized carbons (Fsp3) is 0.364. The highest BCUT2D eigenvalue weighted by atomic mass is 35.5. The predicted octanol–water partition coefficient (Wildman–Crippen LogP) is 2.71. The van der Waals surface area contributed by atoms with Gasteiger partial charge in [-0.05, 0) is 24.1 Å². The third-order valence-corrected chi connectivity index (χ3v) is 2.45. The van der Waals surface area contributed by atoms with Crippen molar-refractivity contribution < 1.29 is 4.79 Å². The Morgan fingerprint density at radius 1 is 1.43 bits per heavy atom. The Bertz CT molecular complexity index is 308. The van der Waals surface area contributed by atoms with Gasteiger partial charge in [-0.2, -0.15) is 0 Å². The van der Waals surface area contributed by atoms with Crippen LogP contribution in [0.4, 0.5) is 0 Å². The van der Waals surface area contributed by atoms with Crippen molar-refractivity contribution in [1.82, 2.24) is 0 Å². The molecule has 1 amide bonds. The van der Waals surface area contributed by atoms with Gasteiger partial charge in [-0.25, -0.2) is 0 Å². The highest BCUT2D eigenvalue weighted by Crippen LogP contribution is 2.22. The van der Waals surface area contributed by atoms with Crippen LogP contribution in [0.15, 0.2) is 24.3 Å². The van der Waals surface area contributed by atoms with Crippen molar-refractivity contribution in [2.24, 2.45) is 5.73 Å². The quantitative estimate of drug-likeness (QED) is 0.818.